The highest BCUT2D eigenvalue weighted by molar-refractivity contribution is 7.89. The van der Waals surface area contributed by atoms with Crippen LogP contribution in [0.3, 0.4) is 0 Å². The molecule has 1 aromatic rings. The molecule has 1 aliphatic heterocycles. The Kier molecular flexibility index (Phi) is 5.67. The summed E-state index contributed by atoms with van der Waals surface area (Å²) in [6, 6.07) is 3.57. The number of aryl methyl sites for hydroxylation is 3. The number of ether oxygens (including phenoxy) is 1. The molecule has 0 aromatic heterocycles. The summed E-state index contributed by atoms with van der Waals surface area (Å²) in [5.74, 6) is -0.455. The highest BCUT2D eigenvalue weighted by atomic mass is 32.2. The molecule has 1 heterocycles. The van der Waals surface area contributed by atoms with E-state index in [0.717, 1.165) is 16.7 Å². The molecule has 1 aromatic carbocycles. The molecule has 1 fully saturated rings. The fraction of sp³-hybridized carbons (Fsp3) is 0.588. The lowest BCUT2D eigenvalue weighted by atomic mass is 9.99. The van der Waals surface area contributed by atoms with Gasteiger partial charge >= 0.3 is 0 Å². The molecule has 134 valence electrons. The van der Waals surface area contributed by atoms with Crippen molar-refractivity contribution >= 4 is 15.9 Å². The molecular weight excluding hydrogens is 328 g/mol. The van der Waals surface area contributed by atoms with Gasteiger partial charge in [0.15, 0.2) is 0 Å². The number of benzene rings is 1. The van der Waals surface area contributed by atoms with Crippen LogP contribution < -0.4 is 5.32 Å². The van der Waals surface area contributed by atoms with E-state index in [1.165, 1.54) is 18.4 Å². The van der Waals surface area contributed by atoms with Crippen LogP contribution in [0.15, 0.2) is 12.1 Å². The zero-order valence-electron chi connectivity index (χ0n) is 14.9. The number of hydrogen-bond donors (Lipinski definition) is 1. The molecule has 1 saturated heterocycles. The number of sulfonamides is 1. The maximum absolute atomic E-state index is 12.6. The van der Waals surface area contributed by atoms with E-state index in [0.29, 0.717) is 18.8 Å². The van der Waals surface area contributed by atoms with Gasteiger partial charge in [-0.25, -0.2) is 12.7 Å². The van der Waals surface area contributed by atoms with Gasteiger partial charge in [0.1, 0.15) is 0 Å². The largest absolute Gasteiger partial charge is 0.379 e. The Labute approximate surface area is 144 Å². The monoisotopic (exact) mass is 354 g/mol. The first-order valence-electron chi connectivity index (χ1n) is 7.98. The molecule has 6 nitrogen and oxygen atoms in total. The zero-order valence-corrected chi connectivity index (χ0v) is 15.7. The molecule has 2 rings (SSSR count). The quantitative estimate of drug-likeness (QED) is 0.863. The van der Waals surface area contributed by atoms with Gasteiger partial charge in [-0.1, -0.05) is 6.07 Å². The summed E-state index contributed by atoms with van der Waals surface area (Å²) >= 11 is 0. The van der Waals surface area contributed by atoms with Crippen molar-refractivity contribution in [1.29, 1.82) is 0 Å². The third-order valence-corrected chi connectivity index (χ3v) is 6.54. The highest BCUT2D eigenvalue weighted by Crippen LogP contribution is 2.20. The smallest absolute Gasteiger partial charge is 0.251 e. The van der Waals surface area contributed by atoms with Crippen LogP contribution in [0.5, 0.6) is 0 Å². The van der Waals surface area contributed by atoms with Crippen LogP contribution in [0.4, 0.5) is 0 Å². The number of nitrogens with one attached hydrogen (secondary N) is 1. The van der Waals surface area contributed by atoms with Gasteiger partial charge in [0.2, 0.25) is 10.0 Å². The van der Waals surface area contributed by atoms with Crippen molar-refractivity contribution in [3.8, 4) is 0 Å². The van der Waals surface area contributed by atoms with Crippen molar-refractivity contribution in [1.82, 2.24) is 9.62 Å². The standard InChI is InChI=1S/C17H26N2O4S/c1-11-6-13(3)15(7-12(11)2)17(20)18-16-9-23-8-14(16)10-24(21,22)19(4)5/h6-7,14,16H,8-10H2,1-5H3,(H,18,20). The molecule has 1 N–H and O–H groups in total. The van der Waals surface area contributed by atoms with Crippen molar-refractivity contribution < 1.29 is 17.9 Å². The van der Waals surface area contributed by atoms with Gasteiger partial charge in [0.25, 0.3) is 5.91 Å². The van der Waals surface area contributed by atoms with Gasteiger partial charge in [-0.05, 0) is 43.5 Å². The van der Waals surface area contributed by atoms with Crippen molar-refractivity contribution in [3.05, 3.63) is 34.4 Å². The Morgan fingerprint density at radius 1 is 1.17 bits per heavy atom. The normalized spacial score (nSPS) is 21.2. The van der Waals surface area contributed by atoms with E-state index in [4.69, 9.17) is 4.74 Å². The molecule has 0 bridgehead atoms. The molecule has 7 heteroatoms. The van der Waals surface area contributed by atoms with Crippen molar-refractivity contribution in [3.63, 3.8) is 0 Å². The van der Waals surface area contributed by atoms with E-state index >= 15 is 0 Å². The minimum atomic E-state index is -3.33. The average Bonchev–Trinajstić information content (AvgIpc) is 2.89. The number of rotatable bonds is 5. The first kappa shape index (κ1) is 18.9. The van der Waals surface area contributed by atoms with Gasteiger partial charge in [0.05, 0.1) is 25.0 Å². The Hall–Kier alpha value is -1.44. The third-order valence-electron chi connectivity index (χ3n) is 4.58. The summed E-state index contributed by atoms with van der Waals surface area (Å²) in [5.41, 5.74) is 3.73. The molecule has 1 amide bonds. The number of nitrogens with zero attached hydrogens (tertiary/aromatic N) is 1. The van der Waals surface area contributed by atoms with Crippen LogP contribution in [0.25, 0.3) is 0 Å². The summed E-state index contributed by atoms with van der Waals surface area (Å²) in [7, 11) is -0.311. The van der Waals surface area contributed by atoms with Crippen LogP contribution in [-0.4, -0.2) is 57.7 Å². The topological polar surface area (TPSA) is 75.7 Å². The van der Waals surface area contributed by atoms with Crippen LogP contribution in [0.1, 0.15) is 27.0 Å². The SMILES string of the molecule is Cc1cc(C)c(C(=O)NC2COCC2CS(=O)(=O)N(C)C)cc1C. The molecule has 0 radical (unpaired) electrons. The van der Waals surface area contributed by atoms with Gasteiger partial charge in [-0.15, -0.1) is 0 Å². The van der Waals surface area contributed by atoms with Crippen molar-refractivity contribution in [2.24, 2.45) is 5.92 Å². The van der Waals surface area contributed by atoms with Crippen molar-refractivity contribution in [2.45, 2.75) is 26.8 Å². The lowest BCUT2D eigenvalue weighted by Gasteiger charge is -2.21. The van der Waals surface area contributed by atoms with Gasteiger partial charge in [-0.3, -0.25) is 4.79 Å². The van der Waals surface area contributed by atoms with E-state index in [1.807, 2.05) is 32.9 Å². The number of carbonyl (C=O) groups excluding carboxylic acids is 1. The summed E-state index contributed by atoms with van der Waals surface area (Å²) < 4.78 is 30.8. The Balaban J connectivity index is 2.12. The fourth-order valence-corrected chi connectivity index (χ4v) is 3.96. The van der Waals surface area contributed by atoms with Crippen LogP contribution in [0, 0.1) is 26.7 Å². The Morgan fingerprint density at radius 2 is 1.79 bits per heavy atom. The second-order valence-electron chi connectivity index (χ2n) is 6.69. The fourth-order valence-electron chi connectivity index (χ4n) is 2.79. The lowest BCUT2D eigenvalue weighted by Crippen LogP contribution is -2.43. The number of amides is 1. The molecule has 0 saturated carbocycles. The second kappa shape index (κ2) is 7.21. The predicted molar refractivity (Wildman–Crippen MR) is 93.7 cm³/mol. The van der Waals surface area contributed by atoms with E-state index in [1.54, 1.807) is 0 Å². The van der Waals surface area contributed by atoms with Crippen LogP contribution in [-0.2, 0) is 14.8 Å². The van der Waals surface area contributed by atoms with E-state index in [9.17, 15) is 13.2 Å². The van der Waals surface area contributed by atoms with E-state index in [2.05, 4.69) is 5.32 Å². The minimum absolute atomic E-state index is 0.0309. The maximum atomic E-state index is 12.6. The molecule has 0 spiro atoms. The molecule has 2 atom stereocenters. The van der Waals surface area contributed by atoms with E-state index in [-0.39, 0.29) is 23.6 Å². The molecule has 2 unspecified atom stereocenters. The first-order valence-corrected chi connectivity index (χ1v) is 9.59. The predicted octanol–water partition coefficient (Wildman–Crippen LogP) is 1.25. The molecule has 0 aliphatic carbocycles. The van der Waals surface area contributed by atoms with Gasteiger partial charge in [0, 0.05) is 25.6 Å². The molecule has 1 aliphatic rings. The average molecular weight is 354 g/mol. The maximum Gasteiger partial charge on any atom is 0.251 e. The third kappa shape index (κ3) is 4.15. The number of carbonyl (C=O) groups is 1. The Morgan fingerprint density at radius 3 is 2.42 bits per heavy atom. The van der Waals surface area contributed by atoms with Gasteiger partial charge < -0.3 is 10.1 Å². The molecule has 24 heavy (non-hydrogen) atoms. The van der Waals surface area contributed by atoms with E-state index < -0.39 is 10.0 Å². The molecular formula is C17H26N2O4S. The summed E-state index contributed by atoms with van der Waals surface area (Å²) in [4.78, 5) is 12.6. The first-order chi connectivity index (χ1) is 11.1. The van der Waals surface area contributed by atoms with Gasteiger partial charge in [-0.2, -0.15) is 0 Å². The second-order valence-corrected chi connectivity index (χ2v) is 8.92. The van der Waals surface area contributed by atoms with Crippen molar-refractivity contribution in [2.75, 3.05) is 33.1 Å². The Bertz CT molecular complexity index is 728. The lowest BCUT2D eigenvalue weighted by molar-refractivity contribution is 0.0925. The zero-order chi connectivity index (χ0) is 18.1. The minimum Gasteiger partial charge on any atom is -0.379 e. The number of hydrogen-bond acceptors (Lipinski definition) is 4. The summed E-state index contributed by atoms with van der Waals surface area (Å²) in [5, 5.41) is 2.95. The van der Waals surface area contributed by atoms with Crippen LogP contribution in [0.2, 0.25) is 0 Å². The summed E-state index contributed by atoms with van der Waals surface area (Å²) in [6.45, 7) is 6.56. The highest BCUT2D eigenvalue weighted by Gasteiger charge is 2.34. The van der Waals surface area contributed by atoms with Crippen LogP contribution >= 0.6 is 0 Å². The summed E-state index contributed by atoms with van der Waals surface area (Å²) in [6.07, 6.45) is 0.